The summed E-state index contributed by atoms with van der Waals surface area (Å²) >= 11 is 5.41. The Morgan fingerprint density at radius 3 is 2.76 bits per heavy atom. The molecule has 0 radical (unpaired) electrons. The molecule has 1 aliphatic rings. The summed E-state index contributed by atoms with van der Waals surface area (Å²) in [6.45, 7) is 5.24. The van der Waals surface area contributed by atoms with Gasteiger partial charge in [-0.25, -0.2) is 5.10 Å². The Labute approximate surface area is 130 Å². The van der Waals surface area contributed by atoms with Crippen molar-refractivity contribution in [3.05, 3.63) is 35.1 Å². The van der Waals surface area contributed by atoms with Crippen LogP contribution >= 0.6 is 12.2 Å². The first-order valence-corrected chi connectivity index (χ1v) is 7.79. The molecule has 0 bridgehead atoms. The molecule has 1 aliphatic heterocycles. The van der Waals surface area contributed by atoms with Crippen molar-refractivity contribution in [2.24, 2.45) is 0 Å². The van der Waals surface area contributed by atoms with Crippen LogP contribution in [0.1, 0.15) is 13.3 Å². The second kappa shape index (κ2) is 5.99. The van der Waals surface area contributed by atoms with Crippen molar-refractivity contribution in [2.75, 3.05) is 31.6 Å². The molecule has 1 N–H and O–H groups in total. The van der Waals surface area contributed by atoms with Crippen LogP contribution in [0.15, 0.2) is 30.3 Å². The maximum atomic E-state index is 5.41. The second-order valence-electron chi connectivity index (χ2n) is 5.49. The van der Waals surface area contributed by atoms with Crippen molar-refractivity contribution < 1.29 is 0 Å². The minimum absolute atomic E-state index is 0.563. The zero-order valence-electron chi connectivity index (χ0n) is 12.5. The Morgan fingerprint density at radius 2 is 2.05 bits per heavy atom. The van der Waals surface area contributed by atoms with Crippen LogP contribution in [0.25, 0.3) is 5.69 Å². The number of H-pyrrole nitrogens is 1. The maximum absolute atomic E-state index is 5.41. The third kappa shape index (κ3) is 2.73. The summed E-state index contributed by atoms with van der Waals surface area (Å²) in [4.78, 5) is 4.75. The van der Waals surface area contributed by atoms with Crippen molar-refractivity contribution in [1.82, 2.24) is 19.7 Å². The summed E-state index contributed by atoms with van der Waals surface area (Å²) in [5.74, 6) is 0.915. The number of anilines is 1. The average molecular weight is 303 g/mol. The van der Waals surface area contributed by atoms with Gasteiger partial charge in [-0.2, -0.15) is 0 Å². The Kier molecular flexibility index (Phi) is 4.07. The molecule has 1 saturated heterocycles. The minimum atomic E-state index is 0.563. The lowest BCUT2D eigenvalue weighted by Gasteiger charge is -2.39. The minimum Gasteiger partial charge on any atom is -0.338 e. The van der Waals surface area contributed by atoms with Crippen LogP contribution < -0.4 is 4.90 Å². The van der Waals surface area contributed by atoms with E-state index in [-0.39, 0.29) is 0 Å². The van der Waals surface area contributed by atoms with Gasteiger partial charge in [0.1, 0.15) is 0 Å². The fourth-order valence-corrected chi connectivity index (χ4v) is 3.11. The SMILES string of the molecule is CCC1CN(c2n[nH]c(=S)n2-c2ccccc2)CCN1C. The zero-order chi connectivity index (χ0) is 14.8. The highest BCUT2D eigenvalue weighted by Gasteiger charge is 2.26. The van der Waals surface area contributed by atoms with E-state index < -0.39 is 0 Å². The molecule has 0 spiro atoms. The highest BCUT2D eigenvalue weighted by atomic mass is 32.1. The Hall–Kier alpha value is -1.66. The summed E-state index contributed by atoms with van der Waals surface area (Å²) in [5, 5.41) is 7.40. The van der Waals surface area contributed by atoms with E-state index in [1.807, 2.05) is 22.8 Å². The molecule has 112 valence electrons. The fourth-order valence-electron chi connectivity index (χ4n) is 2.88. The molecule has 2 heterocycles. The van der Waals surface area contributed by atoms with E-state index in [9.17, 15) is 0 Å². The largest absolute Gasteiger partial charge is 0.338 e. The summed E-state index contributed by atoms with van der Waals surface area (Å²) < 4.78 is 2.66. The molecule has 6 heteroatoms. The van der Waals surface area contributed by atoms with Crippen molar-refractivity contribution in [2.45, 2.75) is 19.4 Å². The van der Waals surface area contributed by atoms with Crippen LogP contribution in [0.4, 0.5) is 5.95 Å². The molecule has 1 unspecified atom stereocenters. The first-order chi connectivity index (χ1) is 10.2. The van der Waals surface area contributed by atoms with Crippen LogP contribution in [0.2, 0.25) is 0 Å². The maximum Gasteiger partial charge on any atom is 0.230 e. The molecule has 1 aromatic heterocycles. The van der Waals surface area contributed by atoms with E-state index in [0.717, 1.165) is 37.7 Å². The van der Waals surface area contributed by atoms with Crippen LogP contribution in [0.3, 0.4) is 0 Å². The van der Waals surface area contributed by atoms with E-state index in [0.29, 0.717) is 10.8 Å². The van der Waals surface area contributed by atoms with Gasteiger partial charge >= 0.3 is 0 Å². The van der Waals surface area contributed by atoms with Gasteiger partial charge in [0.2, 0.25) is 10.7 Å². The summed E-state index contributed by atoms with van der Waals surface area (Å²) in [5.41, 5.74) is 1.05. The number of hydrogen-bond donors (Lipinski definition) is 1. The summed E-state index contributed by atoms with van der Waals surface area (Å²) in [6, 6.07) is 10.7. The van der Waals surface area contributed by atoms with Gasteiger partial charge in [-0.05, 0) is 37.8 Å². The third-order valence-electron chi connectivity index (χ3n) is 4.20. The number of hydrogen-bond acceptors (Lipinski definition) is 4. The number of para-hydroxylation sites is 1. The number of piperazine rings is 1. The molecule has 0 aliphatic carbocycles. The topological polar surface area (TPSA) is 40.1 Å². The van der Waals surface area contributed by atoms with Crippen LogP contribution in [0, 0.1) is 4.77 Å². The molecule has 2 aromatic rings. The number of likely N-dealkylation sites (N-methyl/N-ethyl adjacent to an activating group) is 1. The smallest absolute Gasteiger partial charge is 0.230 e. The lowest BCUT2D eigenvalue weighted by molar-refractivity contribution is 0.212. The van der Waals surface area contributed by atoms with Crippen molar-refractivity contribution in [3.63, 3.8) is 0 Å². The van der Waals surface area contributed by atoms with E-state index in [1.54, 1.807) is 0 Å². The number of nitrogens with zero attached hydrogens (tertiary/aromatic N) is 4. The fraction of sp³-hybridized carbons (Fsp3) is 0.467. The van der Waals surface area contributed by atoms with E-state index in [2.05, 4.69) is 46.1 Å². The first-order valence-electron chi connectivity index (χ1n) is 7.38. The van der Waals surface area contributed by atoms with Crippen molar-refractivity contribution in [3.8, 4) is 5.69 Å². The molecular weight excluding hydrogens is 282 g/mol. The molecule has 1 fully saturated rings. The molecule has 0 saturated carbocycles. The van der Waals surface area contributed by atoms with Gasteiger partial charge < -0.3 is 4.90 Å². The number of aromatic nitrogens is 3. The van der Waals surface area contributed by atoms with Crippen LogP contribution in [0.5, 0.6) is 0 Å². The predicted octanol–water partition coefficient (Wildman–Crippen LogP) is 2.46. The monoisotopic (exact) mass is 303 g/mol. The van der Waals surface area contributed by atoms with Gasteiger partial charge in [0.25, 0.3) is 0 Å². The molecule has 0 amide bonds. The molecule has 3 rings (SSSR count). The lowest BCUT2D eigenvalue weighted by atomic mass is 10.1. The second-order valence-corrected chi connectivity index (χ2v) is 5.88. The number of aromatic amines is 1. The van der Waals surface area contributed by atoms with Crippen molar-refractivity contribution in [1.29, 1.82) is 0 Å². The third-order valence-corrected chi connectivity index (χ3v) is 4.47. The average Bonchev–Trinajstić information content (AvgIpc) is 2.90. The van der Waals surface area contributed by atoms with Gasteiger partial charge in [-0.3, -0.25) is 9.47 Å². The molecule has 1 atom stereocenters. The number of nitrogens with one attached hydrogen (secondary N) is 1. The molecule has 5 nitrogen and oxygen atoms in total. The Morgan fingerprint density at radius 1 is 1.29 bits per heavy atom. The molecular formula is C15H21N5S. The normalized spacial score (nSPS) is 19.9. The van der Waals surface area contributed by atoms with E-state index in [4.69, 9.17) is 12.2 Å². The Balaban J connectivity index is 1.95. The summed E-state index contributed by atoms with van der Waals surface area (Å²) in [7, 11) is 2.19. The van der Waals surface area contributed by atoms with Crippen molar-refractivity contribution >= 4 is 18.2 Å². The first kappa shape index (κ1) is 14.3. The zero-order valence-corrected chi connectivity index (χ0v) is 13.3. The lowest BCUT2D eigenvalue weighted by Crippen LogP contribution is -2.51. The highest BCUT2D eigenvalue weighted by molar-refractivity contribution is 7.71. The molecule has 21 heavy (non-hydrogen) atoms. The van der Waals surface area contributed by atoms with Crippen LogP contribution in [-0.2, 0) is 0 Å². The number of benzene rings is 1. The van der Waals surface area contributed by atoms with Gasteiger partial charge in [0.15, 0.2) is 0 Å². The van der Waals surface area contributed by atoms with Crippen LogP contribution in [-0.4, -0.2) is 52.4 Å². The van der Waals surface area contributed by atoms with Gasteiger partial charge in [-0.15, -0.1) is 5.10 Å². The molecule has 1 aromatic carbocycles. The Bertz CT molecular complexity index is 648. The standard InChI is InChI=1S/C15H21N5S/c1-3-12-11-19(10-9-18(12)2)14-16-17-15(21)20(14)13-7-5-4-6-8-13/h4-8,12H,3,9-11H2,1-2H3,(H,17,21). The van der Waals surface area contributed by atoms with E-state index >= 15 is 0 Å². The van der Waals surface area contributed by atoms with Gasteiger partial charge in [-0.1, -0.05) is 25.1 Å². The summed E-state index contributed by atoms with van der Waals surface area (Å²) in [6.07, 6.45) is 1.14. The van der Waals surface area contributed by atoms with Gasteiger partial charge in [0, 0.05) is 25.7 Å². The number of rotatable bonds is 3. The quantitative estimate of drug-likeness (QED) is 0.884. The predicted molar refractivity (Wildman–Crippen MR) is 87.7 cm³/mol. The van der Waals surface area contributed by atoms with Gasteiger partial charge in [0.05, 0.1) is 5.69 Å². The van der Waals surface area contributed by atoms with E-state index in [1.165, 1.54) is 0 Å². The highest BCUT2D eigenvalue weighted by Crippen LogP contribution is 2.21.